The summed E-state index contributed by atoms with van der Waals surface area (Å²) < 4.78 is 0. The van der Waals surface area contributed by atoms with Crippen LogP contribution in [0.2, 0.25) is 0 Å². The largest absolute Gasteiger partial charge is 0.481 e. The Morgan fingerprint density at radius 3 is 2.12 bits per heavy atom. The molecule has 188 valence electrons. The number of aliphatic carboxylic acids is 2. The number of carbonyl (C=O) groups excluding carboxylic acids is 3. The maximum Gasteiger partial charge on any atom is 0.326 e. The van der Waals surface area contributed by atoms with E-state index in [9.17, 15) is 34.2 Å². The van der Waals surface area contributed by atoms with Crippen molar-refractivity contribution in [3.05, 3.63) is 0 Å². The molecule has 1 aliphatic rings. The van der Waals surface area contributed by atoms with E-state index in [4.69, 9.17) is 5.73 Å². The first kappa shape index (κ1) is 28.3. The zero-order valence-electron chi connectivity index (χ0n) is 19.3. The highest BCUT2D eigenvalue weighted by atomic mass is 16.4. The fourth-order valence-electron chi connectivity index (χ4n) is 3.56. The predicted octanol–water partition coefficient (Wildman–Crippen LogP) is -1.07. The van der Waals surface area contributed by atoms with Crippen LogP contribution < -0.4 is 27.0 Å². The van der Waals surface area contributed by atoms with Gasteiger partial charge in [-0.05, 0) is 57.5 Å². The van der Waals surface area contributed by atoms with E-state index in [0.29, 0.717) is 32.4 Å². The van der Waals surface area contributed by atoms with Crippen molar-refractivity contribution in [3.8, 4) is 0 Å². The minimum absolute atomic E-state index is 0.0368. The minimum atomic E-state index is -1.50. The molecule has 0 aromatic rings. The molecule has 0 bridgehead atoms. The number of nitrogens with one attached hydrogen (secondary N) is 4. The van der Waals surface area contributed by atoms with Crippen LogP contribution in [0.25, 0.3) is 0 Å². The van der Waals surface area contributed by atoms with Crippen LogP contribution in [0.5, 0.6) is 0 Å². The second-order valence-electron chi connectivity index (χ2n) is 8.68. The zero-order valence-corrected chi connectivity index (χ0v) is 19.3. The van der Waals surface area contributed by atoms with E-state index in [1.807, 2.05) is 0 Å². The molecule has 1 fully saturated rings. The minimum Gasteiger partial charge on any atom is -0.481 e. The smallest absolute Gasteiger partial charge is 0.326 e. The van der Waals surface area contributed by atoms with Gasteiger partial charge in [0.2, 0.25) is 17.7 Å². The van der Waals surface area contributed by atoms with Gasteiger partial charge in [0.25, 0.3) is 0 Å². The highest BCUT2D eigenvalue weighted by Crippen LogP contribution is 2.09. The molecule has 8 N–H and O–H groups in total. The van der Waals surface area contributed by atoms with Crippen LogP contribution in [0.1, 0.15) is 58.8 Å². The topological polar surface area (TPSA) is 200 Å². The quantitative estimate of drug-likeness (QED) is 0.145. The number of carboxylic acid groups (broad SMARTS) is 2. The Kier molecular flexibility index (Phi) is 12.4. The van der Waals surface area contributed by atoms with Crippen LogP contribution in [-0.2, 0) is 24.0 Å². The van der Waals surface area contributed by atoms with Crippen molar-refractivity contribution in [3.63, 3.8) is 0 Å². The van der Waals surface area contributed by atoms with Crippen LogP contribution in [0.3, 0.4) is 0 Å². The van der Waals surface area contributed by atoms with E-state index < -0.39 is 54.3 Å². The summed E-state index contributed by atoms with van der Waals surface area (Å²) in [6.07, 6.45) is 2.30. The number of carboxylic acids is 2. The molecule has 1 heterocycles. The summed E-state index contributed by atoms with van der Waals surface area (Å²) in [6, 6.07) is -4.12. The van der Waals surface area contributed by atoms with Gasteiger partial charge >= 0.3 is 11.9 Å². The van der Waals surface area contributed by atoms with Crippen molar-refractivity contribution < 1.29 is 34.2 Å². The number of unbranched alkanes of at least 4 members (excludes halogenated alkanes) is 1. The maximum absolute atomic E-state index is 12.9. The van der Waals surface area contributed by atoms with E-state index in [-0.39, 0.29) is 24.7 Å². The third-order valence-corrected chi connectivity index (χ3v) is 5.29. The lowest BCUT2D eigenvalue weighted by Crippen LogP contribution is -2.57. The molecule has 0 saturated carbocycles. The number of amides is 3. The van der Waals surface area contributed by atoms with Crippen LogP contribution in [0.15, 0.2) is 0 Å². The molecule has 4 unspecified atom stereocenters. The lowest BCUT2D eigenvalue weighted by Gasteiger charge is -2.25. The Balaban J connectivity index is 2.91. The summed E-state index contributed by atoms with van der Waals surface area (Å²) in [5.41, 5.74) is 5.51. The van der Waals surface area contributed by atoms with Crippen molar-refractivity contribution in [2.75, 3.05) is 13.1 Å². The van der Waals surface area contributed by atoms with Gasteiger partial charge in [0, 0.05) is 0 Å². The standard InChI is InChI=1S/C21H37N5O7/c1-12(2)10-16(21(32)33)26-20(31)15(11-17(27)28)25-19(30)14(6-3-4-8-22)24-18(29)13-7-5-9-23-13/h12-16,23H,3-11,22H2,1-2H3,(H,24,29)(H,25,30)(H,26,31)(H,27,28)(H,32,33). The van der Waals surface area contributed by atoms with Gasteiger partial charge in [-0.25, -0.2) is 4.79 Å². The Morgan fingerprint density at radius 1 is 0.970 bits per heavy atom. The highest BCUT2D eigenvalue weighted by Gasteiger charge is 2.32. The van der Waals surface area contributed by atoms with Crippen molar-refractivity contribution in [2.45, 2.75) is 83.0 Å². The number of nitrogens with two attached hydrogens (primary N) is 1. The summed E-state index contributed by atoms with van der Waals surface area (Å²) >= 11 is 0. The molecule has 3 amide bonds. The van der Waals surface area contributed by atoms with E-state index in [1.165, 1.54) is 0 Å². The lowest BCUT2D eigenvalue weighted by molar-refractivity contribution is -0.144. The fraction of sp³-hybridized carbons (Fsp3) is 0.762. The van der Waals surface area contributed by atoms with Crippen LogP contribution in [0, 0.1) is 5.92 Å². The van der Waals surface area contributed by atoms with Crippen molar-refractivity contribution in [1.29, 1.82) is 0 Å². The average molecular weight is 472 g/mol. The normalized spacial score (nSPS) is 18.2. The zero-order chi connectivity index (χ0) is 25.0. The molecule has 0 radical (unpaired) electrons. The average Bonchev–Trinajstić information content (AvgIpc) is 3.26. The van der Waals surface area contributed by atoms with Gasteiger partial charge in [-0.15, -0.1) is 0 Å². The van der Waals surface area contributed by atoms with Crippen molar-refractivity contribution in [2.24, 2.45) is 11.7 Å². The molecular formula is C21H37N5O7. The maximum atomic E-state index is 12.9. The van der Waals surface area contributed by atoms with Crippen molar-refractivity contribution >= 4 is 29.7 Å². The van der Waals surface area contributed by atoms with Gasteiger partial charge < -0.3 is 37.2 Å². The van der Waals surface area contributed by atoms with E-state index >= 15 is 0 Å². The van der Waals surface area contributed by atoms with Crippen molar-refractivity contribution in [1.82, 2.24) is 21.3 Å². The molecule has 1 saturated heterocycles. The Hall–Kier alpha value is -2.73. The molecule has 12 nitrogen and oxygen atoms in total. The summed E-state index contributed by atoms with van der Waals surface area (Å²) in [6.45, 7) is 4.67. The number of hydrogen-bond acceptors (Lipinski definition) is 7. The van der Waals surface area contributed by atoms with Crippen LogP contribution >= 0.6 is 0 Å². The number of hydrogen-bond donors (Lipinski definition) is 7. The Labute approximate surface area is 193 Å². The van der Waals surface area contributed by atoms with Gasteiger partial charge in [-0.3, -0.25) is 19.2 Å². The predicted molar refractivity (Wildman–Crippen MR) is 119 cm³/mol. The molecule has 4 atom stereocenters. The second-order valence-corrected chi connectivity index (χ2v) is 8.68. The van der Waals surface area contributed by atoms with Gasteiger partial charge in [0.1, 0.15) is 18.1 Å². The van der Waals surface area contributed by atoms with E-state index in [2.05, 4.69) is 21.3 Å². The SMILES string of the molecule is CC(C)CC(NC(=O)C(CC(=O)O)NC(=O)C(CCCCN)NC(=O)C1CCCN1)C(=O)O. The first-order chi connectivity index (χ1) is 15.5. The molecule has 0 aliphatic carbocycles. The molecular weight excluding hydrogens is 434 g/mol. The van der Waals surface area contributed by atoms with Gasteiger partial charge in [-0.2, -0.15) is 0 Å². The molecule has 1 rings (SSSR count). The van der Waals surface area contributed by atoms with Gasteiger partial charge in [-0.1, -0.05) is 13.8 Å². The molecule has 0 aromatic heterocycles. The summed E-state index contributed by atoms with van der Waals surface area (Å²) in [4.78, 5) is 60.8. The fourth-order valence-corrected chi connectivity index (χ4v) is 3.56. The van der Waals surface area contributed by atoms with Gasteiger partial charge in [0.15, 0.2) is 0 Å². The molecule has 0 spiro atoms. The van der Waals surface area contributed by atoms with E-state index in [0.717, 1.165) is 6.42 Å². The highest BCUT2D eigenvalue weighted by molar-refractivity contribution is 5.95. The Morgan fingerprint density at radius 2 is 1.61 bits per heavy atom. The first-order valence-electron chi connectivity index (χ1n) is 11.3. The Bertz CT molecular complexity index is 694. The molecule has 0 aromatic carbocycles. The van der Waals surface area contributed by atoms with E-state index in [1.54, 1.807) is 13.8 Å². The first-order valence-corrected chi connectivity index (χ1v) is 11.3. The monoisotopic (exact) mass is 471 g/mol. The van der Waals surface area contributed by atoms with Gasteiger partial charge in [0.05, 0.1) is 12.5 Å². The second kappa shape index (κ2) is 14.4. The molecule has 12 heteroatoms. The molecule has 1 aliphatic heterocycles. The summed E-state index contributed by atoms with van der Waals surface area (Å²) in [7, 11) is 0. The molecule has 33 heavy (non-hydrogen) atoms. The lowest BCUT2D eigenvalue weighted by atomic mass is 10.0. The summed E-state index contributed by atoms with van der Waals surface area (Å²) in [5.74, 6) is -4.61. The number of carbonyl (C=O) groups is 5. The van der Waals surface area contributed by atoms with Crippen LogP contribution in [-0.4, -0.2) is 77.1 Å². The van der Waals surface area contributed by atoms with Crippen LogP contribution in [0.4, 0.5) is 0 Å². The third kappa shape index (κ3) is 10.6. The number of rotatable bonds is 15. The summed E-state index contributed by atoms with van der Waals surface area (Å²) in [5, 5.41) is 28.9. The third-order valence-electron chi connectivity index (χ3n) is 5.29.